The monoisotopic (exact) mass is 341 g/mol. The van der Waals surface area contributed by atoms with Crippen molar-refractivity contribution >= 4 is 23.0 Å². The van der Waals surface area contributed by atoms with Gasteiger partial charge < -0.3 is 15.2 Å². The molecule has 0 spiro atoms. The number of hydrogen-bond acceptors (Lipinski definition) is 4. The SMILES string of the molecule is CC(NC(=O)c1c[nH]c2ncc(C3CC3)nc12)C(=O)N1CCCCC1. The number of hydrogen-bond donors (Lipinski definition) is 2. The van der Waals surface area contributed by atoms with Crippen LogP contribution >= 0.6 is 0 Å². The van der Waals surface area contributed by atoms with Crippen LogP contribution in [0.5, 0.6) is 0 Å². The van der Waals surface area contributed by atoms with E-state index in [0.717, 1.165) is 44.5 Å². The fraction of sp³-hybridized carbons (Fsp3) is 0.556. The van der Waals surface area contributed by atoms with Crippen molar-refractivity contribution in [1.82, 2.24) is 25.2 Å². The van der Waals surface area contributed by atoms with Gasteiger partial charge in [0.25, 0.3) is 5.91 Å². The lowest BCUT2D eigenvalue weighted by molar-refractivity contribution is -0.133. The summed E-state index contributed by atoms with van der Waals surface area (Å²) < 4.78 is 0. The first-order chi connectivity index (χ1) is 12.1. The van der Waals surface area contributed by atoms with E-state index in [1.54, 1.807) is 19.3 Å². The molecular weight excluding hydrogens is 318 g/mol. The third kappa shape index (κ3) is 3.23. The zero-order chi connectivity index (χ0) is 17.4. The number of carbonyl (C=O) groups is 2. The van der Waals surface area contributed by atoms with Crippen molar-refractivity contribution in [2.75, 3.05) is 13.1 Å². The predicted molar refractivity (Wildman–Crippen MR) is 93.2 cm³/mol. The molecule has 0 radical (unpaired) electrons. The minimum Gasteiger partial charge on any atom is -0.344 e. The molecule has 2 amide bonds. The molecule has 2 N–H and O–H groups in total. The van der Waals surface area contributed by atoms with Gasteiger partial charge in [-0.1, -0.05) is 0 Å². The highest BCUT2D eigenvalue weighted by atomic mass is 16.2. The molecule has 2 aromatic rings. The van der Waals surface area contributed by atoms with Gasteiger partial charge >= 0.3 is 0 Å². The summed E-state index contributed by atoms with van der Waals surface area (Å²) in [6.07, 6.45) is 8.90. The standard InChI is InChI=1S/C18H23N5O2/c1-11(18(25)23-7-3-2-4-8-23)21-17(24)13-9-19-16-15(13)22-14(10-20-16)12-5-6-12/h9-12H,2-8H2,1H3,(H,19,20)(H,21,24). The Morgan fingerprint density at radius 1 is 1.28 bits per heavy atom. The molecular formula is C18H23N5O2. The molecule has 2 fully saturated rings. The van der Waals surface area contributed by atoms with E-state index in [4.69, 9.17) is 0 Å². The van der Waals surface area contributed by atoms with Crippen LogP contribution in [0, 0.1) is 0 Å². The molecule has 7 nitrogen and oxygen atoms in total. The lowest BCUT2D eigenvalue weighted by atomic mass is 10.1. The fourth-order valence-electron chi connectivity index (χ4n) is 3.38. The van der Waals surface area contributed by atoms with E-state index in [0.29, 0.717) is 22.6 Å². The molecule has 3 heterocycles. The smallest absolute Gasteiger partial charge is 0.255 e. The average molecular weight is 341 g/mol. The maximum absolute atomic E-state index is 12.6. The third-order valence-corrected chi connectivity index (χ3v) is 5.03. The van der Waals surface area contributed by atoms with Gasteiger partial charge in [0.05, 0.1) is 17.5 Å². The highest BCUT2D eigenvalue weighted by molar-refractivity contribution is 6.05. The summed E-state index contributed by atoms with van der Waals surface area (Å²) in [5.41, 5.74) is 2.57. The fourth-order valence-corrected chi connectivity index (χ4v) is 3.38. The summed E-state index contributed by atoms with van der Waals surface area (Å²) in [5, 5.41) is 2.82. The van der Waals surface area contributed by atoms with Crippen molar-refractivity contribution in [2.45, 2.75) is 51.0 Å². The Kier molecular flexibility index (Phi) is 4.15. The van der Waals surface area contributed by atoms with Crippen molar-refractivity contribution in [2.24, 2.45) is 0 Å². The van der Waals surface area contributed by atoms with Crippen molar-refractivity contribution in [3.05, 3.63) is 23.7 Å². The van der Waals surface area contributed by atoms with Crippen LogP contribution in [0.15, 0.2) is 12.4 Å². The second-order valence-corrected chi connectivity index (χ2v) is 7.05. The molecule has 1 saturated heterocycles. The highest BCUT2D eigenvalue weighted by Crippen LogP contribution is 2.39. The molecule has 7 heteroatoms. The van der Waals surface area contributed by atoms with Gasteiger partial charge in [0.15, 0.2) is 5.65 Å². The van der Waals surface area contributed by atoms with Crippen LogP contribution in [0.4, 0.5) is 0 Å². The summed E-state index contributed by atoms with van der Waals surface area (Å²) in [6, 6.07) is -0.546. The van der Waals surface area contributed by atoms with E-state index in [1.165, 1.54) is 6.42 Å². The van der Waals surface area contributed by atoms with Crippen LogP contribution in [-0.2, 0) is 4.79 Å². The number of nitrogens with zero attached hydrogens (tertiary/aromatic N) is 3. The number of fused-ring (bicyclic) bond motifs is 1. The Hall–Kier alpha value is -2.44. The van der Waals surface area contributed by atoms with Gasteiger partial charge in [-0.3, -0.25) is 9.59 Å². The summed E-state index contributed by atoms with van der Waals surface area (Å²) >= 11 is 0. The molecule has 1 aliphatic heterocycles. The maximum Gasteiger partial charge on any atom is 0.255 e. The quantitative estimate of drug-likeness (QED) is 0.889. The molecule has 1 unspecified atom stereocenters. The number of nitrogens with one attached hydrogen (secondary N) is 2. The number of rotatable bonds is 4. The van der Waals surface area contributed by atoms with Crippen LogP contribution in [0.2, 0.25) is 0 Å². The Balaban J connectivity index is 1.49. The second kappa shape index (κ2) is 6.46. The Morgan fingerprint density at radius 2 is 2.04 bits per heavy atom. The first-order valence-electron chi connectivity index (χ1n) is 9.07. The number of piperidine rings is 1. The molecule has 132 valence electrons. The van der Waals surface area contributed by atoms with E-state index < -0.39 is 6.04 Å². The largest absolute Gasteiger partial charge is 0.344 e. The molecule has 2 aliphatic rings. The average Bonchev–Trinajstić information content (AvgIpc) is 3.40. The molecule has 25 heavy (non-hydrogen) atoms. The third-order valence-electron chi connectivity index (χ3n) is 5.03. The number of amides is 2. The number of aromatic amines is 1. The molecule has 4 rings (SSSR count). The Labute approximate surface area is 146 Å². The minimum absolute atomic E-state index is 0.0161. The van der Waals surface area contributed by atoms with Crippen molar-refractivity contribution in [3.8, 4) is 0 Å². The predicted octanol–water partition coefficient (Wildman–Crippen LogP) is 1.97. The van der Waals surface area contributed by atoms with E-state index in [2.05, 4.69) is 20.3 Å². The summed E-state index contributed by atoms with van der Waals surface area (Å²) in [4.78, 5) is 38.9. The first-order valence-corrected chi connectivity index (χ1v) is 9.07. The van der Waals surface area contributed by atoms with Crippen LogP contribution in [0.1, 0.15) is 61.0 Å². The highest BCUT2D eigenvalue weighted by Gasteiger charge is 2.28. The number of carbonyl (C=O) groups excluding carboxylic acids is 2. The number of aromatic nitrogens is 3. The first kappa shape index (κ1) is 16.1. The van der Waals surface area contributed by atoms with Gasteiger partial charge in [-0.2, -0.15) is 0 Å². The van der Waals surface area contributed by atoms with Gasteiger partial charge in [-0.05, 0) is 39.0 Å². The molecule has 0 aromatic carbocycles. The lowest BCUT2D eigenvalue weighted by Gasteiger charge is -2.29. The summed E-state index contributed by atoms with van der Waals surface area (Å²) in [7, 11) is 0. The number of H-pyrrole nitrogens is 1. The maximum atomic E-state index is 12.6. The Bertz CT molecular complexity index is 805. The molecule has 1 atom stereocenters. The van der Waals surface area contributed by atoms with Crippen molar-refractivity contribution < 1.29 is 9.59 Å². The van der Waals surface area contributed by atoms with Gasteiger partial charge in [0, 0.05) is 25.2 Å². The molecule has 2 aromatic heterocycles. The van der Waals surface area contributed by atoms with E-state index >= 15 is 0 Å². The van der Waals surface area contributed by atoms with Crippen LogP contribution in [0.25, 0.3) is 11.2 Å². The van der Waals surface area contributed by atoms with Crippen LogP contribution in [-0.4, -0.2) is 50.8 Å². The van der Waals surface area contributed by atoms with Gasteiger partial charge in [0.2, 0.25) is 5.91 Å². The van der Waals surface area contributed by atoms with Gasteiger partial charge in [-0.25, -0.2) is 9.97 Å². The molecule has 0 bridgehead atoms. The molecule has 1 saturated carbocycles. The van der Waals surface area contributed by atoms with E-state index in [1.807, 2.05) is 4.90 Å². The number of likely N-dealkylation sites (tertiary alicyclic amines) is 1. The zero-order valence-electron chi connectivity index (χ0n) is 14.4. The van der Waals surface area contributed by atoms with Crippen LogP contribution in [0.3, 0.4) is 0 Å². The Morgan fingerprint density at radius 3 is 2.76 bits per heavy atom. The molecule has 1 aliphatic carbocycles. The topological polar surface area (TPSA) is 91.0 Å². The van der Waals surface area contributed by atoms with Gasteiger partial charge in [0.1, 0.15) is 11.6 Å². The summed E-state index contributed by atoms with van der Waals surface area (Å²) in [6.45, 7) is 3.30. The minimum atomic E-state index is -0.546. The van der Waals surface area contributed by atoms with Crippen molar-refractivity contribution in [1.29, 1.82) is 0 Å². The van der Waals surface area contributed by atoms with E-state index in [-0.39, 0.29) is 11.8 Å². The lowest BCUT2D eigenvalue weighted by Crippen LogP contribution is -2.48. The summed E-state index contributed by atoms with van der Waals surface area (Å²) in [5.74, 6) is 0.173. The van der Waals surface area contributed by atoms with Gasteiger partial charge in [-0.15, -0.1) is 0 Å². The van der Waals surface area contributed by atoms with Crippen molar-refractivity contribution in [3.63, 3.8) is 0 Å². The second-order valence-electron chi connectivity index (χ2n) is 7.05. The van der Waals surface area contributed by atoms with E-state index in [9.17, 15) is 9.59 Å². The van der Waals surface area contributed by atoms with Crippen LogP contribution < -0.4 is 5.32 Å². The zero-order valence-corrected chi connectivity index (χ0v) is 14.4. The normalized spacial score (nSPS) is 19.0.